The first-order valence-corrected chi connectivity index (χ1v) is 26.7. The second-order valence-electron chi connectivity index (χ2n) is 18.6. The molecular weight excluding hydrogens is 743 g/mol. The average molecular weight is 848 g/mol. The third-order valence-electron chi connectivity index (χ3n) is 12.6. The Morgan fingerprint density at radius 1 is 0.400 bits per heavy atom. The fourth-order valence-electron chi connectivity index (χ4n) is 8.40. The van der Waals surface area contributed by atoms with Crippen molar-refractivity contribution in [2.24, 2.45) is 0 Å². The Labute approximate surface area is 374 Å². The standard InChI is InChI=1S/C54H105NO5/c1-3-5-7-9-11-13-15-17-19-21-23-25-26-27-28-30-31-33-35-37-39-41-43-45-47-51(57)53(59)50(49-56)55-54(60)52(58)48-46-44-42-40-38-36-34-32-29-24-22-20-18-16-14-12-10-8-6-4-2/h29,32,39,41,50-53,56-59H,3-28,30-31,33-38,40,42-49H2,1-2H3,(H,55,60)/b32-29-,41-39+. The molecule has 0 rings (SSSR count). The number of unbranched alkanes of at least 4 members (excludes halogenated alkanes) is 36. The molecule has 0 aromatic carbocycles. The Hall–Kier alpha value is -1.21. The van der Waals surface area contributed by atoms with E-state index in [9.17, 15) is 25.2 Å². The molecule has 356 valence electrons. The van der Waals surface area contributed by atoms with Crippen molar-refractivity contribution < 1.29 is 25.2 Å². The Bertz CT molecular complexity index is 909. The molecule has 0 saturated carbocycles. The molecule has 6 heteroatoms. The number of hydrogen-bond donors (Lipinski definition) is 5. The van der Waals surface area contributed by atoms with Crippen LogP contribution in [0.4, 0.5) is 0 Å². The maximum absolute atomic E-state index is 12.6. The number of rotatable bonds is 49. The predicted molar refractivity (Wildman–Crippen MR) is 261 cm³/mol. The molecule has 0 heterocycles. The molecule has 0 fully saturated rings. The second kappa shape index (κ2) is 48.8. The lowest BCUT2D eigenvalue weighted by molar-refractivity contribution is -0.132. The van der Waals surface area contributed by atoms with Crippen molar-refractivity contribution in [1.82, 2.24) is 5.32 Å². The monoisotopic (exact) mass is 848 g/mol. The van der Waals surface area contributed by atoms with Crippen LogP contribution in [0.2, 0.25) is 0 Å². The van der Waals surface area contributed by atoms with Crippen LogP contribution in [0.1, 0.15) is 284 Å². The lowest BCUT2D eigenvalue weighted by Gasteiger charge is -2.27. The van der Waals surface area contributed by atoms with Gasteiger partial charge in [0.05, 0.1) is 18.8 Å². The van der Waals surface area contributed by atoms with Crippen LogP contribution in [0.5, 0.6) is 0 Å². The van der Waals surface area contributed by atoms with Crippen LogP contribution >= 0.6 is 0 Å². The van der Waals surface area contributed by atoms with Crippen molar-refractivity contribution in [2.45, 2.75) is 308 Å². The van der Waals surface area contributed by atoms with E-state index < -0.39 is 36.9 Å². The molecule has 0 aromatic heterocycles. The number of allylic oxidation sites excluding steroid dienone is 4. The minimum absolute atomic E-state index is 0.357. The van der Waals surface area contributed by atoms with E-state index in [4.69, 9.17) is 0 Å². The Morgan fingerprint density at radius 2 is 0.683 bits per heavy atom. The van der Waals surface area contributed by atoms with E-state index in [0.717, 1.165) is 44.9 Å². The molecule has 1 amide bonds. The molecule has 4 atom stereocenters. The lowest BCUT2D eigenvalue weighted by Crippen LogP contribution is -2.53. The van der Waals surface area contributed by atoms with Crippen LogP contribution in [-0.4, -0.2) is 57.3 Å². The molecule has 0 spiro atoms. The van der Waals surface area contributed by atoms with Crippen molar-refractivity contribution in [3.8, 4) is 0 Å². The molecule has 0 aromatic rings. The molecule has 0 radical (unpaired) electrons. The molecule has 6 nitrogen and oxygen atoms in total. The van der Waals surface area contributed by atoms with Gasteiger partial charge in [0.25, 0.3) is 0 Å². The highest BCUT2D eigenvalue weighted by Crippen LogP contribution is 2.17. The smallest absolute Gasteiger partial charge is 0.249 e. The van der Waals surface area contributed by atoms with Crippen molar-refractivity contribution in [3.63, 3.8) is 0 Å². The zero-order valence-electron chi connectivity index (χ0n) is 40.2. The van der Waals surface area contributed by atoms with E-state index in [0.29, 0.717) is 12.8 Å². The molecule has 0 bridgehead atoms. The zero-order chi connectivity index (χ0) is 43.8. The maximum atomic E-state index is 12.6. The van der Waals surface area contributed by atoms with Gasteiger partial charge < -0.3 is 25.7 Å². The Morgan fingerprint density at radius 3 is 1.00 bits per heavy atom. The van der Waals surface area contributed by atoms with Crippen LogP contribution in [0.15, 0.2) is 24.3 Å². The van der Waals surface area contributed by atoms with E-state index in [2.05, 4.69) is 43.5 Å². The average Bonchev–Trinajstić information content (AvgIpc) is 3.25. The van der Waals surface area contributed by atoms with Crippen LogP contribution in [0.25, 0.3) is 0 Å². The summed E-state index contributed by atoms with van der Waals surface area (Å²) < 4.78 is 0. The first kappa shape index (κ1) is 58.8. The largest absolute Gasteiger partial charge is 0.394 e. The third kappa shape index (κ3) is 42.1. The number of carbonyl (C=O) groups is 1. The van der Waals surface area contributed by atoms with Gasteiger partial charge in [0.2, 0.25) is 5.91 Å². The molecule has 0 saturated heterocycles. The van der Waals surface area contributed by atoms with Crippen LogP contribution < -0.4 is 5.32 Å². The first-order chi connectivity index (χ1) is 29.5. The molecule has 0 aliphatic rings. The highest BCUT2D eigenvalue weighted by molar-refractivity contribution is 5.80. The number of hydrogen-bond acceptors (Lipinski definition) is 5. The molecule has 60 heavy (non-hydrogen) atoms. The van der Waals surface area contributed by atoms with Gasteiger partial charge in [-0.2, -0.15) is 0 Å². The van der Waals surface area contributed by atoms with Gasteiger partial charge in [0.1, 0.15) is 12.2 Å². The number of carbonyl (C=O) groups excluding carboxylic acids is 1. The summed E-state index contributed by atoms with van der Waals surface area (Å²) >= 11 is 0. The van der Waals surface area contributed by atoms with Crippen LogP contribution in [0, 0.1) is 0 Å². The maximum Gasteiger partial charge on any atom is 0.249 e. The van der Waals surface area contributed by atoms with Gasteiger partial charge in [-0.15, -0.1) is 0 Å². The highest BCUT2D eigenvalue weighted by Gasteiger charge is 2.28. The third-order valence-corrected chi connectivity index (χ3v) is 12.6. The van der Waals surface area contributed by atoms with Gasteiger partial charge >= 0.3 is 0 Å². The molecule has 5 N–H and O–H groups in total. The SMILES string of the molecule is CCCCCCCCCCCC/C=C\CCCCCCCCC(O)C(=O)NC(CO)C(O)C(O)CCC/C=C/CCCCCCCCCCCCCCCCCCCCC. The summed E-state index contributed by atoms with van der Waals surface area (Å²) in [5.74, 6) is -0.595. The molecule has 4 unspecified atom stereocenters. The summed E-state index contributed by atoms with van der Waals surface area (Å²) in [6.45, 7) is 4.07. The first-order valence-electron chi connectivity index (χ1n) is 26.7. The van der Waals surface area contributed by atoms with Gasteiger partial charge in [0, 0.05) is 0 Å². The quantitative estimate of drug-likeness (QED) is 0.0309. The summed E-state index contributed by atoms with van der Waals surface area (Å²) in [5, 5.41) is 43.9. The molecule has 0 aliphatic carbocycles. The highest BCUT2D eigenvalue weighted by atomic mass is 16.3. The topological polar surface area (TPSA) is 110 Å². The van der Waals surface area contributed by atoms with E-state index in [1.807, 2.05) is 0 Å². The predicted octanol–water partition coefficient (Wildman–Crippen LogP) is 15.1. The van der Waals surface area contributed by atoms with Gasteiger partial charge in [-0.05, 0) is 64.2 Å². The number of nitrogens with one attached hydrogen (secondary N) is 1. The van der Waals surface area contributed by atoms with Gasteiger partial charge in [-0.25, -0.2) is 0 Å². The van der Waals surface area contributed by atoms with Gasteiger partial charge in [-0.1, -0.05) is 244 Å². The molecular formula is C54H105NO5. The van der Waals surface area contributed by atoms with E-state index in [1.54, 1.807) is 0 Å². The molecule has 0 aliphatic heterocycles. The summed E-state index contributed by atoms with van der Waals surface area (Å²) in [7, 11) is 0. The van der Waals surface area contributed by atoms with Crippen molar-refractivity contribution >= 4 is 5.91 Å². The lowest BCUT2D eigenvalue weighted by atomic mass is 10.00. The Kier molecular flexibility index (Phi) is 47.8. The number of amides is 1. The number of aliphatic hydroxyl groups excluding tert-OH is 4. The van der Waals surface area contributed by atoms with Crippen LogP contribution in [-0.2, 0) is 4.79 Å². The minimum atomic E-state index is -1.28. The van der Waals surface area contributed by atoms with Gasteiger partial charge in [-0.3, -0.25) is 4.79 Å². The summed E-state index contributed by atoms with van der Waals surface area (Å²) in [6.07, 6.45) is 58.1. The fourth-order valence-corrected chi connectivity index (χ4v) is 8.40. The van der Waals surface area contributed by atoms with Crippen molar-refractivity contribution in [1.29, 1.82) is 0 Å². The second-order valence-corrected chi connectivity index (χ2v) is 18.6. The Balaban J connectivity index is 3.68. The van der Waals surface area contributed by atoms with Crippen molar-refractivity contribution in [3.05, 3.63) is 24.3 Å². The summed E-state index contributed by atoms with van der Waals surface area (Å²) in [5.41, 5.74) is 0. The van der Waals surface area contributed by atoms with E-state index in [-0.39, 0.29) is 0 Å². The van der Waals surface area contributed by atoms with Crippen LogP contribution in [0.3, 0.4) is 0 Å². The van der Waals surface area contributed by atoms with E-state index >= 15 is 0 Å². The van der Waals surface area contributed by atoms with Gasteiger partial charge in [0.15, 0.2) is 0 Å². The summed E-state index contributed by atoms with van der Waals surface area (Å²) in [4.78, 5) is 12.6. The zero-order valence-corrected chi connectivity index (χ0v) is 40.2. The number of aliphatic hydroxyl groups is 4. The van der Waals surface area contributed by atoms with Crippen molar-refractivity contribution in [2.75, 3.05) is 6.61 Å². The normalized spacial score (nSPS) is 14.0. The minimum Gasteiger partial charge on any atom is -0.394 e. The van der Waals surface area contributed by atoms with E-state index in [1.165, 1.54) is 212 Å². The fraction of sp³-hybridized carbons (Fsp3) is 0.907. The summed E-state index contributed by atoms with van der Waals surface area (Å²) in [6, 6.07) is -1.00.